The van der Waals surface area contributed by atoms with Crippen molar-refractivity contribution in [1.82, 2.24) is 0 Å². The molecule has 0 radical (unpaired) electrons. The summed E-state index contributed by atoms with van der Waals surface area (Å²) in [6.45, 7) is 0. The Hall–Kier alpha value is -1.40. The topological polar surface area (TPSA) is 53.2 Å². The maximum absolute atomic E-state index is 9.08. The van der Waals surface area contributed by atoms with E-state index in [9.17, 15) is 0 Å². The van der Waals surface area contributed by atoms with Crippen LogP contribution in [-0.4, -0.2) is 20.6 Å². The van der Waals surface area contributed by atoms with E-state index in [1.807, 2.05) is 6.07 Å². The van der Waals surface area contributed by atoms with E-state index in [0.717, 1.165) is 0 Å². The van der Waals surface area contributed by atoms with Gasteiger partial charge in [-0.05, 0) is 5.46 Å². The van der Waals surface area contributed by atoms with Crippen LogP contribution < -0.4 is 5.46 Å². The summed E-state index contributed by atoms with van der Waals surface area (Å²) >= 11 is 0. The van der Waals surface area contributed by atoms with E-state index in [-0.39, 0.29) is 8.41 Å². The van der Waals surface area contributed by atoms with Crippen LogP contribution in [0.4, 0.5) is 0 Å². The molecule has 0 atom stereocenters. The Morgan fingerprint density at radius 3 is 2.42 bits per heavy atom. The maximum atomic E-state index is 9.08. The van der Waals surface area contributed by atoms with E-state index in [4.69, 9.17) is 10.3 Å². The molecular formula is C7H9B2NO2. The van der Waals surface area contributed by atoms with Crippen LogP contribution in [-0.2, 0) is 4.65 Å². The van der Waals surface area contributed by atoms with Gasteiger partial charge in [-0.2, -0.15) is 5.26 Å². The van der Waals surface area contributed by atoms with Crippen molar-refractivity contribution in [3.05, 3.63) is 30.3 Å². The van der Waals surface area contributed by atoms with E-state index < -0.39 is 7.12 Å². The summed E-state index contributed by atoms with van der Waals surface area (Å²) in [6, 6.07) is 8.71. The predicted octanol–water partition coefficient (Wildman–Crippen LogP) is -1.31. The number of hydrogen-bond donors (Lipinski definition) is 1. The van der Waals surface area contributed by atoms with E-state index >= 15 is 0 Å². The van der Waals surface area contributed by atoms with Gasteiger partial charge in [0.05, 0.1) is 8.41 Å². The van der Waals surface area contributed by atoms with Crippen molar-refractivity contribution in [2.75, 3.05) is 0 Å². The maximum Gasteiger partial charge on any atom is 0.570 e. The van der Waals surface area contributed by atoms with Gasteiger partial charge in [0.1, 0.15) is 0 Å². The van der Waals surface area contributed by atoms with Gasteiger partial charge in [0.15, 0.2) is 0 Å². The second-order valence-corrected chi connectivity index (χ2v) is 1.97. The van der Waals surface area contributed by atoms with Gasteiger partial charge < -0.3 is 9.68 Å². The summed E-state index contributed by atoms with van der Waals surface area (Å²) in [5.74, 6) is 0. The lowest BCUT2D eigenvalue weighted by atomic mass is 9.80. The van der Waals surface area contributed by atoms with Gasteiger partial charge in [0.2, 0.25) is 0 Å². The standard InChI is InChI=1S/C7H6BNO2.BH3/c9-6-11-8(10)7-4-2-1-3-5-7;/h1-5,10H;1H3. The Balaban J connectivity index is 0.00000121. The minimum absolute atomic E-state index is 0. The molecule has 5 heteroatoms. The summed E-state index contributed by atoms with van der Waals surface area (Å²) in [5.41, 5.74) is 0.578. The Morgan fingerprint density at radius 1 is 1.33 bits per heavy atom. The Labute approximate surface area is 73.3 Å². The molecule has 0 bridgehead atoms. The lowest BCUT2D eigenvalue weighted by Gasteiger charge is -1.99. The summed E-state index contributed by atoms with van der Waals surface area (Å²) in [7, 11) is -1.14. The zero-order chi connectivity index (χ0) is 8.10. The van der Waals surface area contributed by atoms with Gasteiger partial charge in [-0.15, -0.1) is 0 Å². The molecule has 12 heavy (non-hydrogen) atoms. The molecule has 1 N–H and O–H groups in total. The van der Waals surface area contributed by atoms with Gasteiger partial charge in [0.25, 0.3) is 6.26 Å². The Morgan fingerprint density at radius 2 is 1.92 bits per heavy atom. The Bertz CT molecular complexity index is 260. The molecule has 0 aliphatic rings. The molecule has 3 nitrogen and oxygen atoms in total. The molecule has 0 aliphatic carbocycles. The van der Waals surface area contributed by atoms with E-state index in [1.165, 1.54) is 6.26 Å². The zero-order valence-corrected chi connectivity index (χ0v) is 5.77. The fourth-order valence-corrected chi connectivity index (χ4v) is 0.736. The molecule has 0 aromatic heterocycles. The monoisotopic (exact) mass is 161 g/mol. The van der Waals surface area contributed by atoms with Crippen LogP contribution in [0.3, 0.4) is 0 Å². The van der Waals surface area contributed by atoms with Gasteiger partial charge in [-0.3, -0.25) is 0 Å². The third kappa shape index (κ3) is 2.69. The summed E-state index contributed by atoms with van der Waals surface area (Å²) < 4.78 is 4.29. The highest BCUT2D eigenvalue weighted by Gasteiger charge is 2.16. The lowest BCUT2D eigenvalue weighted by molar-refractivity contribution is 0.402. The van der Waals surface area contributed by atoms with Gasteiger partial charge in [0, 0.05) is 0 Å². The highest BCUT2D eigenvalue weighted by molar-refractivity contribution is 6.60. The van der Waals surface area contributed by atoms with Crippen molar-refractivity contribution in [3.8, 4) is 6.26 Å². The summed E-state index contributed by atoms with van der Waals surface area (Å²) in [5, 5.41) is 17.1. The molecule has 0 saturated heterocycles. The largest absolute Gasteiger partial charge is 0.570 e. The molecule has 0 spiro atoms. The van der Waals surface area contributed by atoms with Crippen LogP contribution >= 0.6 is 0 Å². The van der Waals surface area contributed by atoms with Crippen molar-refractivity contribution in [1.29, 1.82) is 5.26 Å². The van der Waals surface area contributed by atoms with E-state index in [2.05, 4.69) is 4.65 Å². The molecule has 1 rings (SSSR count). The first-order chi connectivity index (χ1) is 5.34. The van der Waals surface area contributed by atoms with Gasteiger partial charge in [-0.25, -0.2) is 0 Å². The Kier molecular flexibility index (Phi) is 4.66. The van der Waals surface area contributed by atoms with Crippen LogP contribution in [0.15, 0.2) is 30.3 Å². The highest BCUT2D eigenvalue weighted by atomic mass is 16.5. The van der Waals surface area contributed by atoms with Crippen molar-refractivity contribution in [2.45, 2.75) is 0 Å². The normalized spacial score (nSPS) is 7.67. The summed E-state index contributed by atoms with van der Waals surface area (Å²) in [4.78, 5) is 0. The number of benzene rings is 1. The number of hydrogen-bond acceptors (Lipinski definition) is 3. The zero-order valence-electron chi connectivity index (χ0n) is 5.77. The van der Waals surface area contributed by atoms with Crippen LogP contribution in [0.1, 0.15) is 0 Å². The highest BCUT2D eigenvalue weighted by Crippen LogP contribution is 1.86. The first-order valence-electron chi connectivity index (χ1n) is 3.12. The molecule has 0 unspecified atom stereocenters. The quantitative estimate of drug-likeness (QED) is 0.432. The lowest BCUT2D eigenvalue weighted by Crippen LogP contribution is -2.31. The second-order valence-electron chi connectivity index (χ2n) is 1.97. The third-order valence-electron chi connectivity index (χ3n) is 1.25. The molecule has 0 saturated carbocycles. The van der Waals surface area contributed by atoms with Crippen LogP contribution in [0.5, 0.6) is 0 Å². The first-order valence-corrected chi connectivity index (χ1v) is 3.12. The molecule has 0 heterocycles. The minimum Gasteiger partial charge on any atom is -0.463 e. The predicted molar refractivity (Wildman–Crippen MR) is 50.7 cm³/mol. The number of nitriles is 1. The first kappa shape index (κ1) is 10.6. The minimum atomic E-state index is -1.14. The molecule has 0 amide bonds. The van der Waals surface area contributed by atoms with E-state index in [1.54, 1.807) is 24.3 Å². The number of nitrogens with zero attached hydrogens (tertiary/aromatic N) is 1. The van der Waals surface area contributed by atoms with Crippen LogP contribution in [0.25, 0.3) is 0 Å². The smallest absolute Gasteiger partial charge is 0.463 e. The number of rotatable bonds is 2. The van der Waals surface area contributed by atoms with Crippen molar-refractivity contribution >= 4 is 21.0 Å². The molecule has 0 aliphatic heterocycles. The van der Waals surface area contributed by atoms with Crippen LogP contribution in [0.2, 0.25) is 0 Å². The van der Waals surface area contributed by atoms with Crippen molar-refractivity contribution < 1.29 is 9.68 Å². The molecule has 1 aromatic rings. The fraction of sp³-hybridized carbons (Fsp3) is 0. The SMILES string of the molecule is B.N#COB(O)c1ccccc1. The van der Waals surface area contributed by atoms with E-state index in [0.29, 0.717) is 5.46 Å². The molecular weight excluding hydrogens is 152 g/mol. The average Bonchev–Trinajstić information content (AvgIpc) is 2.07. The van der Waals surface area contributed by atoms with Gasteiger partial charge >= 0.3 is 7.12 Å². The van der Waals surface area contributed by atoms with Crippen molar-refractivity contribution in [2.24, 2.45) is 0 Å². The molecule has 60 valence electrons. The average molecular weight is 161 g/mol. The third-order valence-corrected chi connectivity index (χ3v) is 1.25. The second kappa shape index (κ2) is 5.28. The summed E-state index contributed by atoms with van der Waals surface area (Å²) in [6.07, 6.45) is 1.42. The molecule has 0 fully saturated rings. The fourth-order valence-electron chi connectivity index (χ4n) is 0.736. The van der Waals surface area contributed by atoms with Gasteiger partial charge in [-0.1, -0.05) is 30.3 Å². The van der Waals surface area contributed by atoms with Crippen molar-refractivity contribution in [3.63, 3.8) is 0 Å². The molecule has 1 aromatic carbocycles. The van der Waals surface area contributed by atoms with Crippen LogP contribution in [0, 0.1) is 11.5 Å².